The molecule has 0 aliphatic rings. The second-order valence-electron chi connectivity index (χ2n) is 4.81. The molecule has 1 aromatic carbocycles. The van der Waals surface area contributed by atoms with Gasteiger partial charge in [-0.15, -0.1) is 11.3 Å². The second kappa shape index (κ2) is 6.21. The summed E-state index contributed by atoms with van der Waals surface area (Å²) >= 11 is 1.25. The molecular weight excluding hydrogens is 312 g/mol. The van der Waals surface area contributed by atoms with Crippen molar-refractivity contribution in [3.05, 3.63) is 41.3 Å². The number of anilines is 3. The number of methoxy groups -OCH3 is 1. The van der Waals surface area contributed by atoms with Gasteiger partial charge in [0, 0.05) is 12.2 Å². The normalized spacial score (nSPS) is 10.7. The number of nitrogen functional groups attached to an aromatic ring is 1. The second-order valence-corrected chi connectivity index (χ2v) is 5.84. The number of hydrogen-bond donors (Lipinski definition) is 1. The zero-order valence-electron chi connectivity index (χ0n) is 12.8. The van der Waals surface area contributed by atoms with Gasteiger partial charge < -0.3 is 15.4 Å². The fourth-order valence-electron chi connectivity index (χ4n) is 2.39. The summed E-state index contributed by atoms with van der Waals surface area (Å²) in [5.74, 6) is 0.480. The Kier molecular flexibility index (Phi) is 4.12. The van der Waals surface area contributed by atoms with Crippen LogP contribution in [0.5, 0.6) is 0 Å². The van der Waals surface area contributed by atoms with Crippen molar-refractivity contribution in [3.8, 4) is 0 Å². The molecule has 0 fully saturated rings. The fraction of sp³-hybridized carbons (Fsp3) is 0.188. The molecule has 0 aliphatic carbocycles. The van der Waals surface area contributed by atoms with Crippen molar-refractivity contribution in [3.63, 3.8) is 0 Å². The quantitative estimate of drug-likeness (QED) is 0.741. The molecule has 6 nitrogen and oxygen atoms in total. The lowest BCUT2D eigenvalue weighted by Crippen LogP contribution is -2.18. The van der Waals surface area contributed by atoms with Gasteiger partial charge in [-0.2, -0.15) is 4.98 Å². The number of carbonyl (C=O) groups is 1. The Hall–Kier alpha value is -2.67. The number of aromatic nitrogens is 2. The number of fused-ring (bicyclic) bond motifs is 1. The van der Waals surface area contributed by atoms with Crippen LogP contribution in [0, 0.1) is 0 Å². The first-order chi connectivity index (χ1) is 11.1. The highest BCUT2D eigenvalue weighted by molar-refractivity contribution is 7.20. The van der Waals surface area contributed by atoms with E-state index >= 15 is 0 Å². The minimum absolute atomic E-state index is 0.181. The summed E-state index contributed by atoms with van der Waals surface area (Å²) in [6.07, 6.45) is 0. The summed E-state index contributed by atoms with van der Waals surface area (Å²) in [6.45, 7) is 2.74. The largest absolute Gasteiger partial charge is 0.465 e. The summed E-state index contributed by atoms with van der Waals surface area (Å²) in [7, 11) is 1.36. The van der Waals surface area contributed by atoms with Crippen LogP contribution in [0.2, 0.25) is 0 Å². The molecule has 0 saturated carbocycles. The molecular formula is C16H16N4O2S. The lowest BCUT2D eigenvalue weighted by Gasteiger charge is -2.22. The van der Waals surface area contributed by atoms with Crippen LogP contribution < -0.4 is 10.6 Å². The van der Waals surface area contributed by atoms with Gasteiger partial charge in [-0.05, 0) is 25.1 Å². The standard InChI is InChI=1S/C16H16N4O2S/c1-3-20(10-7-5-4-6-8-10)13-11-9-12(15(21)22-2)23-14(11)19-16(17)18-13/h4-9H,3H2,1-2H3,(H2,17,18,19). The van der Waals surface area contributed by atoms with Gasteiger partial charge in [0.2, 0.25) is 5.95 Å². The SMILES string of the molecule is CCN(c1ccccc1)c1nc(N)nc2sc(C(=O)OC)cc12. The Morgan fingerprint density at radius 1 is 1.30 bits per heavy atom. The number of para-hydroxylation sites is 1. The Labute approximate surface area is 137 Å². The third-order valence-electron chi connectivity index (χ3n) is 3.42. The van der Waals surface area contributed by atoms with E-state index in [4.69, 9.17) is 10.5 Å². The van der Waals surface area contributed by atoms with Crippen LogP contribution in [-0.4, -0.2) is 29.6 Å². The highest BCUT2D eigenvalue weighted by atomic mass is 32.1. The zero-order valence-corrected chi connectivity index (χ0v) is 13.6. The van der Waals surface area contributed by atoms with E-state index < -0.39 is 0 Å². The Balaban J connectivity index is 2.19. The molecule has 23 heavy (non-hydrogen) atoms. The number of carbonyl (C=O) groups excluding carboxylic acids is 1. The summed E-state index contributed by atoms with van der Waals surface area (Å²) < 4.78 is 4.79. The number of benzene rings is 1. The van der Waals surface area contributed by atoms with Gasteiger partial charge in [-0.25, -0.2) is 9.78 Å². The van der Waals surface area contributed by atoms with Crippen LogP contribution in [0.15, 0.2) is 36.4 Å². The number of nitrogens with two attached hydrogens (primary N) is 1. The number of hydrogen-bond acceptors (Lipinski definition) is 7. The lowest BCUT2D eigenvalue weighted by atomic mass is 10.2. The predicted octanol–water partition coefficient (Wildman–Crippen LogP) is 3.22. The van der Waals surface area contributed by atoms with Gasteiger partial charge in [-0.1, -0.05) is 18.2 Å². The number of thiophene rings is 1. The molecule has 3 rings (SSSR count). The van der Waals surface area contributed by atoms with Gasteiger partial charge in [0.25, 0.3) is 0 Å². The van der Waals surface area contributed by atoms with E-state index in [9.17, 15) is 4.79 Å². The first kappa shape index (κ1) is 15.2. The summed E-state index contributed by atoms with van der Waals surface area (Å²) in [5.41, 5.74) is 6.85. The van der Waals surface area contributed by atoms with Crippen LogP contribution in [0.25, 0.3) is 10.2 Å². The number of ether oxygens (including phenoxy) is 1. The number of nitrogens with zero attached hydrogens (tertiary/aromatic N) is 3. The Morgan fingerprint density at radius 2 is 2.04 bits per heavy atom. The van der Waals surface area contributed by atoms with Crippen molar-refractivity contribution in [1.82, 2.24) is 9.97 Å². The lowest BCUT2D eigenvalue weighted by molar-refractivity contribution is 0.0606. The molecule has 2 N–H and O–H groups in total. The first-order valence-corrected chi connectivity index (χ1v) is 7.93. The molecule has 0 spiro atoms. The minimum Gasteiger partial charge on any atom is -0.465 e. The maximum Gasteiger partial charge on any atom is 0.348 e. The van der Waals surface area contributed by atoms with Gasteiger partial charge in [0.05, 0.1) is 12.5 Å². The van der Waals surface area contributed by atoms with Crippen molar-refractivity contribution < 1.29 is 9.53 Å². The van der Waals surface area contributed by atoms with Gasteiger partial charge >= 0.3 is 5.97 Å². The maximum atomic E-state index is 11.8. The average molecular weight is 328 g/mol. The fourth-order valence-corrected chi connectivity index (χ4v) is 3.34. The van der Waals surface area contributed by atoms with E-state index in [1.165, 1.54) is 18.4 Å². The highest BCUT2D eigenvalue weighted by Crippen LogP contribution is 2.35. The van der Waals surface area contributed by atoms with E-state index in [1.54, 1.807) is 6.07 Å². The molecule has 0 aliphatic heterocycles. The van der Waals surface area contributed by atoms with Crippen LogP contribution >= 0.6 is 11.3 Å². The van der Waals surface area contributed by atoms with E-state index in [0.29, 0.717) is 22.1 Å². The molecule has 7 heteroatoms. The summed E-state index contributed by atoms with van der Waals surface area (Å²) in [4.78, 5) is 23.6. The van der Waals surface area contributed by atoms with Crippen molar-refractivity contribution in [1.29, 1.82) is 0 Å². The molecule has 0 radical (unpaired) electrons. The third kappa shape index (κ3) is 2.83. The van der Waals surface area contributed by atoms with E-state index in [2.05, 4.69) is 9.97 Å². The molecule has 2 aromatic heterocycles. The monoisotopic (exact) mass is 328 g/mol. The van der Waals surface area contributed by atoms with Crippen molar-refractivity contribution in [2.24, 2.45) is 0 Å². The van der Waals surface area contributed by atoms with E-state index in [0.717, 1.165) is 11.1 Å². The molecule has 3 aromatic rings. The molecule has 0 bridgehead atoms. The molecule has 0 atom stereocenters. The Morgan fingerprint density at radius 3 is 2.70 bits per heavy atom. The molecule has 2 heterocycles. The molecule has 118 valence electrons. The molecule has 0 amide bonds. The molecule has 0 unspecified atom stereocenters. The number of esters is 1. The first-order valence-electron chi connectivity index (χ1n) is 7.12. The zero-order chi connectivity index (χ0) is 16.4. The van der Waals surface area contributed by atoms with Crippen LogP contribution in [0.1, 0.15) is 16.6 Å². The third-order valence-corrected chi connectivity index (χ3v) is 4.43. The Bertz CT molecular complexity index is 848. The summed E-state index contributed by atoms with van der Waals surface area (Å²) in [6, 6.07) is 11.6. The van der Waals surface area contributed by atoms with Crippen molar-refractivity contribution in [2.45, 2.75) is 6.92 Å². The average Bonchev–Trinajstić information content (AvgIpc) is 2.99. The van der Waals surface area contributed by atoms with Gasteiger partial charge in [0.15, 0.2) is 0 Å². The summed E-state index contributed by atoms with van der Waals surface area (Å²) in [5, 5.41) is 0.787. The van der Waals surface area contributed by atoms with E-state index in [-0.39, 0.29) is 11.9 Å². The molecule has 0 saturated heterocycles. The topological polar surface area (TPSA) is 81.3 Å². The van der Waals surface area contributed by atoms with Gasteiger partial charge in [-0.3, -0.25) is 0 Å². The smallest absolute Gasteiger partial charge is 0.348 e. The highest BCUT2D eigenvalue weighted by Gasteiger charge is 2.19. The van der Waals surface area contributed by atoms with Crippen molar-refractivity contribution in [2.75, 3.05) is 24.3 Å². The van der Waals surface area contributed by atoms with E-state index in [1.807, 2.05) is 42.2 Å². The number of rotatable bonds is 4. The van der Waals surface area contributed by atoms with Crippen LogP contribution in [-0.2, 0) is 4.74 Å². The van der Waals surface area contributed by atoms with Crippen LogP contribution in [0.3, 0.4) is 0 Å². The van der Waals surface area contributed by atoms with Gasteiger partial charge in [0.1, 0.15) is 15.5 Å². The minimum atomic E-state index is -0.389. The maximum absolute atomic E-state index is 11.8. The van der Waals surface area contributed by atoms with Crippen molar-refractivity contribution >= 4 is 45.0 Å². The van der Waals surface area contributed by atoms with Crippen LogP contribution in [0.4, 0.5) is 17.5 Å². The predicted molar refractivity (Wildman–Crippen MR) is 92.3 cm³/mol.